The summed E-state index contributed by atoms with van der Waals surface area (Å²) in [5.74, 6) is 1.74. The number of H-pyrrole nitrogens is 1. The molecule has 5 aromatic rings. The highest BCUT2D eigenvalue weighted by molar-refractivity contribution is 7.99. The van der Waals surface area contributed by atoms with Gasteiger partial charge in [0.1, 0.15) is 10.8 Å². The van der Waals surface area contributed by atoms with Crippen LogP contribution in [0.15, 0.2) is 77.3 Å². The number of pyridine rings is 1. The first-order valence-electron chi connectivity index (χ1n) is 13.9. The molecular weight excluding hydrogens is 570 g/mol. The van der Waals surface area contributed by atoms with Gasteiger partial charge in [-0.15, -0.1) is 0 Å². The first-order chi connectivity index (χ1) is 20.5. The van der Waals surface area contributed by atoms with Crippen LogP contribution in [0.5, 0.6) is 0 Å². The van der Waals surface area contributed by atoms with E-state index in [2.05, 4.69) is 43.1 Å². The predicted molar refractivity (Wildman–Crippen MR) is 165 cm³/mol. The number of halogens is 1. The predicted octanol–water partition coefficient (Wildman–Crippen LogP) is 5.69. The van der Waals surface area contributed by atoms with Gasteiger partial charge in [0.15, 0.2) is 5.82 Å². The van der Waals surface area contributed by atoms with Crippen molar-refractivity contribution in [1.82, 2.24) is 29.9 Å². The van der Waals surface area contributed by atoms with E-state index in [1.165, 1.54) is 11.8 Å². The number of anilines is 3. The number of rotatable bonds is 6. The minimum absolute atomic E-state index is 0.0752. The molecule has 0 saturated carbocycles. The molecule has 0 aliphatic carbocycles. The molecule has 7 rings (SSSR count). The maximum atomic E-state index is 6.78. The molecular formula is C30H30ClN9OS. The molecule has 1 spiro atoms. The van der Waals surface area contributed by atoms with Crippen LogP contribution in [0.1, 0.15) is 19.8 Å². The van der Waals surface area contributed by atoms with E-state index in [1.807, 2.05) is 42.7 Å². The van der Waals surface area contributed by atoms with Crippen molar-refractivity contribution in [1.29, 1.82) is 0 Å². The van der Waals surface area contributed by atoms with Gasteiger partial charge in [-0.2, -0.15) is 0 Å². The molecule has 42 heavy (non-hydrogen) atoms. The summed E-state index contributed by atoms with van der Waals surface area (Å²) in [6.45, 7) is 4.59. The maximum absolute atomic E-state index is 6.78. The molecule has 0 amide bonds. The van der Waals surface area contributed by atoms with Crippen LogP contribution < -0.4 is 16.0 Å². The first-order valence-corrected chi connectivity index (χ1v) is 15.1. The van der Waals surface area contributed by atoms with Crippen LogP contribution in [-0.2, 0) is 4.74 Å². The minimum atomic E-state index is 0.0752. The quantitative estimate of drug-likeness (QED) is 0.224. The summed E-state index contributed by atoms with van der Waals surface area (Å²) in [6.07, 6.45) is 11.1. The number of fused-ring (bicyclic) bond motifs is 1. The second kappa shape index (κ2) is 11.1. The summed E-state index contributed by atoms with van der Waals surface area (Å²) in [7, 11) is 0. The Morgan fingerprint density at radius 1 is 1.07 bits per heavy atom. The van der Waals surface area contributed by atoms with Crippen molar-refractivity contribution in [3.8, 4) is 11.3 Å². The number of hydrogen-bond acceptors (Lipinski definition) is 10. The zero-order valence-electron chi connectivity index (χ0n) is 23.0. The van der Waals surface area contributed by atoms with Crippen molar-refractivity contribution in [2.24, 2.45) is 11.1 Å². The third-order valence-corrected chi connectivity index (χ3v) is 9.84. The number of aromatic amines is 1. The lowest BCUT2D eigenvalue weighted by Gasteiger charge is -2.41. The number of hydrogen-bond donors (Lipinski definition) is 3. The normalized spacial score (nSPS) is 19.9. The van der Waals surface area contributed by atoms with Crippen LogP contribution in [0, 0.1) is 5.41 Å². The number of nitrogens with two attached hydrogens (primary N) is 1. The fourth-order valence-electron chi connectivity index (χ4n) is 5.84. The van der Waals surface area contributed by atoms with Gasteiger partial charge in [0.2, 0.25) is 5.95 Å². The highest BCUT2D eigenvalue weighted by Crippen LogP contribution is 2.42. The van der Waals surface area contributed by atoms with Gasteiger partial charge in [-0.25, -0.2) is 24.9 Å². The number of ether oxygens (including phenoxy) is 1. The van der Waals surface area contributed by atoms with Crippen LogP contribution in [0.25, 0.3) is 22.2 Å². The zero-order chi connectivity index (χ0) is 28.7. The van der Waals surface area contributed by atoms with Crippen molar-refractivity contribution >= 4 is 51.8 Å². The summed E-state index contributed by atoms with van der Waals surface area (Å²) in [4.78, 5) is 29.3. The molecule has 2 saturated heterocycles. The molecule has 214 valence electrons. The van der Waals surface area contributed by atoms with Crippen molar-refractivity contribution in [3.63, 3.8) is 0 Å². The van der Waals surface area contributed by atoms with Gasteiger partial charge in [-0.05, 0) is 38.0 Å². The number of para-hydroxylation sites is 1. The Hall–Kier alpha value is -3.77. The average molecular weight is 600 g/mol. The van der Waals surface area contributed by atoms with E-state index in [0.29, 0.717) is 16.8 Å². The van der Waals surface area contributed by atoms with E-state index in [-0.39, 0.29) is 17.6 Å². The zero-order valence-corrected chi connectivity index (χ0v) is 24.6. The van der Waals surface area contributed by atoms with Crippen molar-refractivity contribution in [2.75, 3.05) is 29.9 Å². The Morgan fingerprint density at radius 2 is 1.90 bits per heavy atom. The van der Waals surface area contributed by atoms with Crippen LogP contribution in [-0.4, -0.2) is 61.7 Å². The molecule has 12 heteroatoms. The third-order valence-electron chi connectivity index (χ3n) is 8.36. The lowest BCUT2D eigenvalue weighted by atomic mass is 9.73. The lowest BCUT2D eigenvalue weighted by Crippen LogP contribution is -2.50. The van der Waals surface area contributed by atoms with Crippen LogP contribution >= 0.6 is 23.4 Å². The Labute approximate surface area is 252 Å². The summed E-state index contributed by atoms with van der Waals surface area (Å²) < 4.78 is 5.86. The molecule has 0 unspecified atom stereocenters. The standard InChI is InChI=1S/C30H30ClN9OS/c1-18-27(32)30(17-41-18)8-12-40(13-9-30)24-15-37-25(16-36-24)42-23-7-11-33-28(26(23)31)39-29-34-10-6-22(38-29)20-14-35-21-5-3-2-4-19(20)21/h2-7,10-11,14-16,18,27,35H,8-9,12-13,17,32H2,1H3,(H,33,34,38,39)/t18-,27+/m0/s1. The van der Waals surface area contributed by atoms with Gasteiger partial charge in [0.05, 0.1) is 35.8 Å². The molecule has 2 aliphatic heterocycles. The second-order valence-corrected chi connectivity index (χ2v) is 12.3. The summed E-state index contributed by atoms with van der Waals surface area (Å²) >= 11 is 8.21. The number of nitrogens with zero attached hydrogens (tertiary/aromatic N) is 6. The summed E-state index contributed by atoms with van der Waals surface area (Å²) in [6, 6.07) is 11.9. The molecule has 1 aromatic carbocycles. The lowest BCUT2D eigenvalue weighted by molar-refractivity contribution is 0.0974. The van der Waals surface area contributed by atoms with Crippen LogP contribution in [0.3, 0.4) is 0 Å². The first kappa shape index (κ1) is 27.1. The number of aromatic nitrogens is 6. The maximum Gasteiger partial charge on any atom is 0.228 e. The molecule has 4 aromatic heterocycles. The van der Waals surface area contributed by atoms with Crippen molar-refractivity contribution < 1.29 is 4.74 Å². The number of benzene rings is 1. The molecule has 0 radical (unpaired) electrons. The Morgan fingerprint density at radius 3 is 2.69 bits per heavy atom. The molecule has 6 heterocycles. The minimum Gasteiger partial charge on any atom is -0.376 e. The fraction of sp³-hybridized carbons (Fsp3) is 0.300. The fourth-order valence-corrected chi connectivity index (χ4v) is 6.87. The number of piperidine rings is 1. The summed E-state index contributed by atoms with van der Waals surface area (Å²) in [5.41, 5.74) is 9.39. The topological polar surface area (TPSA) is 131 Å². The summed E-state index contributed by atoms with van der Waals surface area (Å²) in [5, 5.41) is 5.47. The Bertz CT molecular complexity index is 1720. The van der Waals surface area contributed by atoms with Gasteiger partial charge >= 0.3 is 0 Å². The van der Waals surface area contributed by atoms with E-state index in [9.17, 15) is 0 Å². The van der Waals surface area contributed by atoms with E-state index >= 15 is 0 Å². The monoisotopic (exact) mass is 599 g/mol. The highest BCUT2D eigenvalue weighted by atomic mass is 35.5. The van der Waals surface area contributed by atoms with Crippen LogP contribution in [0.2, 0.25) is 5.02 Å². The second-order valence-electron chi connectivity index (χ2n) is 10.8. The third kappa shape index (κ3) is 5.06. The molecule has 10 nitrogen and oxygen atoms in total. The molecule has 2 aliphatic rings. The van der Waals surface area contributed by atoms with E-state index in [4.69, 9.17) is 32.0 Å². The molecule has 0 bridgehead atoms. The van der Waals surface area contributed by atoms with Crippen LogP contribution in [0.4, 0.5) is 17.6 Å². The number of nitrogens with one attached hydrogen (secondary N) is 2. The molecule has 2 fully saturated rings. The van der Waals surface area contributed by atoms with Crippen molar-refractivity contribution in [3.05, 3.63) is 72.4 Å². The average Bonchev–Trinajstić information content (AvgIpc) is 3.57. The van der Waals surface area contributed by atoms with Gasteiger partial charge in [0.25, 0.3) is 0 Å². The van der Waals surface area contributed by atoms with E-state index in [0.717, 1.165) is 70.4 Å². The van der Waals surface area contributed by atoms with Gasteiger partial charge < -0.3 is 25.7 Å². The Balaban J connectivity index is 1.03. The SMILES string of the molecule is C[C@@H]1OCC2(CCN(c3cnc(Sc4ccnc(Nc5nccc(-c6c[nH]c7ccccc67)n5)c4Cl)cn3)CC2)[C@@H]1N. The van der Waals surface area contributed by atoms with Crippen molar-refractivity contribution in [2.45, 2.75) is 41.8 Å². The Kier molecular flexibility index (Phi) is 7.19. The van der Waals surface area contributed by atoms with E-state index < -0.39 is 0 Å². The largest absolute Gasteiger partial charge is 0.376 e. The molecule has 2 atom stereocenters. The highest BCUT2D eigenvalue weighted by Gasteiger charge is 2.47. The van der Waals surface area contributed by atoms with Gasteiger partial charge in [-0.3, -0.25) is 0 Å². The smallest absolute Gasteiger partial charge is 0.228 e. The molecule has 4 N–H and O–H groups in total. The van der Waals surface area contributed by atoms with Gasteiger partial charge in [0, 0.05) is 64.5 Å². The van der Waals surface area contributed by atoms with E-state index in [1.54, 1.807) is 18.6 Å². The van der Waals surface area contributed by atoms with Gasteiger partial charge in [-0.1, -0.05) is 41.6 Å².